The van der Waals surface area contributed by atoms with Crippen molar-refractivity contribution in [3.8, 4) is 0 Å². The van der Waals surface area contributed by atoms with E-state index in [4.69, 9.17) is 0 Å². The molecule has 92 valence electrons. The van der Waals surface area contributed by atoms with Crippen LogP contribution >= 0.6 is 15.9 Å². The van der Waals surface area contributed by atoms with E-state index >= 15 is 0 Å². The lowest BCUT2D eigenvalue weighted by molar-refractivity contribution is -0.115. The number of amides is 1. The third-order valence-corrected chi connectivity index (χ3v) is 2.85. The lowest BCUT2D eigenvalue weighted by Gasteiger charge is -2.06. The number of carbonyl (C=O) groups is 1. The second-order valence-corrected chi connectivity index (χ2v) is 4.98. The summed E-state index contributed by atoms with van der Waals surface area (Å²) >= 11 is 3.41. The number of aromatic nitrogens is 1. The summed E-state index contributed by atoms with van der Waals surface area (Å²) in [6.45, 7) is 1.99. The van der Waals surface area contributed by atoms with Crippen molar-refractivity contribution in [3.05, 3.63) is 58.3 Å². The highest BCUT2D eigenvalue weighted by Crippen LogP contribution is 2.19. The van der Waals surface area contributed by atoms with Gasteiger partial charge in [-0.1, -0.05) is 22.0 Å². The fourth-order valence-electron chi connectivity index (χ4n) is 1.68. The molecule has 0 atom stereocenters. The zero-order valence-electron chi connectivity index (χ0n) is 9.98. The SMILES string of the molecule is Cc1cc(Br)cc(NC(=O)Cc2ccccn2)c1. The van der Waals surface area contributed by atoms with Crippen LogP contribution in [0.4, 0.5) is 5.69 Å². The Balaban J connectivity index is 2.03. The summed E-state index contributed by atoms with van der Waals surface area (Å²) in [6.07, 6.45) is 1.97. The minimum Gasteiger partial charge on any atom is -0.326 e. The predicted molar refractivity (Wildman–Crippen MR) is 75.4 cm³/mol. The number of rotatable bonds is 3. The number of nitrogens with zero attached hydrogens (tertiary/aromatic N) is 1. The van der Waals surface area contributed by atoms with Gasteiger partial charge in [0, 0.05) is 22.1 Å². The Kier molecular flexibility index (Phi) is 4.10. The monoisotopic (exact) mass is 304 g/mol. The summed E-state index contributed by atoms with van der Waals surface area (Å²) in [4.78, 5) is 16.0. The first kappa shape index (κ1) is 12.8. The van der Waals surface area contributed by atoms with Crippen LogP contribution in [0.1, 0.15) is 11.3 Å². The van der Waals surface area contributed by atoms with Crippen molar-refractivity contribution in [2.75, 3.05) is 5.32 Å². The molecule has 0 fully saturated rings. The number of anilines is 1. The standard InChI is InChI=1S/C14H13BrN2O/c1-10-6-11(15)8-13(7-10)17-14(18)9-12-4-2-3-5-16-12/h2-8H,9H2,1H3,(H,17,18). The van der Waals surface area contributed by atoms with Gasteiger partial charge in [0.15, 0.2) is 0 Å². The maximum absolute atomic E-state index is 11.8. The molecular weight excluding hydrogens is 292 g/mol. The van der Waals surface area contributed by atoms with Gasteiger partial charge in [-0.3, -0.25) is 9.78 Å². The lowest BCUT2D eigenvalue weighted by atomic mass is 10.2. The Morgan fingerprint density at radius 3 is 2.83 bits per heavy atom. The number of pyridine rings is 1. The Labute approximate surface area is 114 Å². The summed E-state index contributed by atoms with van der Waals surface area (Å²) in [5, 5.41) is 2.86. The van der Waals surface area contributed by atoms with Crippen molar-refractivity contribution >= 4 is 27.5 Å². The summed E-state index contributed by atoms with van der Waals surface area (Å²) in [5.74, 6) is -0.0637. The van der Waals surface area contributed by atoms with E-state index in [0.717, 1.165) is 21.4 Å². The van der Waals surface area contributed by atoms with E-state index in [0.29, 0.717) is 0 Å². The third kappa shape index (κ3) is 3.67. The first-order valence-corrected chi connectivity index (χ1v) is 6.40. The maximum atomic E-state index is 11.8. The number of nitrogens with one attached hydrogen (secondary N) is 1. The number of carbonyl (C=O) groups excluding carboxylic acids is 1. The van der Waals surface area contributed by atoms with E-state index in [-0.39, 0.29) is 12.3 Å². The molecule has 0 unspecified atom stereocenters. The lowest BCUT2D eigenvalue weighted by Crippen LogP contribution is -2.15. The summed E-state index contributed by atoms with van der Waals surface area (Å²) < 4.78 is 0.954. The van der Waals surface area contributed by atoms with Crippen LogP contribution in [-0.2, 0) is 11.2 Å². The van der Waals surface area contributed by atoms with Gasteiger partial charge in [0.25, 0.3) is 0 Å². The van der Waals surface area contributed by atoms with Gasteiger partial charge in [-0.2, -0.15) is 0 Å². The quantitative estimate of drug-likeness (QED) is 0.945. The predicted octanol–water partition coefficient (Wildman–Crippen LogP) is 3.33. The molecule has 18 heavy (non-hydrogen) atoms. The molecule has 0 saturated carbocycles. The average molecular weight is 305 g/mol. The molecule has 1 amide bonds. The highest BCUT2D eigenvalue weighted by Gasteiger charge is 2.05. The Morgan fingerprint density at radius 1 is 1.33 bits per heavy atom. The van der Waals surface area contributed by atoms with E-state index in [1.54, 1.807) is 6.20 Å². The van der Waals surface area contributed by atoms with Crippen molar-refractivity contribution in [1.82, 2.24) is 4.98 Å². The number of aryl methyl sites for hydroxylation is 1. The van der Waals surface area contributed by atoms with Gasteiger partial charge in [0.1, 0.15) is 0 Å². The van der Waals surface area contributed by atoms with Crippen LogP contribution in [0.2, 0.25) is 0 Å². The number of hydrogen-bond acceptors (Lipinski definition) is 2. The van der Waals surface area contributed by atoms with Crippen LogP contribution in [0.5, 0.6) is 0 Å². The Bertz CT molecular complexity index is 535. The van der Waals surface area contributed by atoms with Crippen LogP contribution in [0.3, 0.4) is 0 Å². The van der Waals surface area contributed by atoms with E-state index in [2.05, 4.69) is 26.2 Å². The van der Waals surface area contributed by atoms with Crippen molar-refractivity contribution in [1.29, 1.82) is 0 Å². The molecule has 1 aromatic heterocycles. The molecule has 1 aromatic carbocycles. The van der Waals surface area contributed by atoms with Gasteiger partial charge in [-0.25, -0.2) is 0 Å². The molecule has 0 bridgehead atoms. The molecule has 4 heteroatoms. The first-order chi connectivity index (χ1) is 8.63. The van der Waals surface area contributed by atoms with Crippen LogP contribution in [0.15, 0.2) is 47.1 Å². The van der Waals surface area contributed by atoms with Crippen LogP contribution < -0.4 is 5.32 Å². The molecule has 0 aliphatic rings. The summed E-state index contributed by atoms with van der Waals surface area (Å²) in [5.41, 5.74) is 2.65. The van der Waals surface area contributed by atoms with Gasteiger partial charge >= 0.3 is 0 Å². The molecule has 0 aliphatic carbocycles. The highest BCUT2D eigenvalue weighted by molar-refractivity contribution is 9.10. The van der Waals surface area contributed by atoms with E-state index in [1.165, 1.54) is 0 Å². The Hall–Kier alpha value is -1.68. The zero-order valence-corrected chi connectivity index (χ0v) is 11.6. The van der Waals surface area contributed by atoms with Gasteiger partial charge in [-0.05, 0) is 42.8 Å². The van der Waals surface area contributed by atoms with Crippen molar-refractivity contribution in [2.24, 2.45) is 0 Å². The molecule has 3 nitrogen and oxygen atoms in total. The molecule has 0 saturated heterocycles. The number of hydrogen-bond donors (Lipinski definition) is 1. The topological polar surface area (TPSA) is 42.0 Å². The molecule has 0 spiro atoms. The minimum atomic E-state index is -0.0637. The largest absolute Gasteiger partial charge is 0.326 e. The normalized spacial score (nSPS) is 10.1. The van der Waals surface area contributed by atoms with Crippen LogP contribution in [0.25, 0.3) is 0 Å². The third-order valence-electron chi connectivity index (χ3n) is 2.39. The molecule has 0 aliphatic heterocycles. The second-order valence-electron chi connectivity index (χ2n) is 4.06. The maximum Gasteiger partial charge on any atom is 0.230 e. The fraction of sp³-hybridized carbons (Fsp3) is 0.143. The number of benzene rings is 1. The summed E-state index contributed by atoms with van der Waals surface area (Å²) in [6, 6.07) is 11.3. The highest BCUT2D eigenvalue weighted by atomic mass is 79.9. The smallest absolute Gasteiger partial charge is 0.230 e. The zero-order chi connectivity index (χ0) is 13.0. The molecule has 2 aromatic rings. The Morgan fingerprint density at radius 2 is 2.17 bits per heavy atom. The van der Waals surface area contributed by atoms with E-state index in [9.17, 15) is 4.79 Å². The first-order valence-electron chi connectivity index (χ1n) is 5.60. The molecule has 1 N–H and O–H groups in total. The van der Waals surface area contributed by atoms with Crippen molar-refractivity contribution in [3.63, 3.8) is 0 Å². The molecular formula is C14H13BrN2O. The molecule has 1 heterocycles. The second kappa shape index (κ2) is 5.78. The van der Waals surface area contributed by atoms with Gasteiger partial charge in [0.2, 0.25) is 5.91 Å². The average Bonchev–Trinajstić information content (AvgIpc) is 2.28. The molecule has 0 radical (unpaired) electrons. The van der Waals surface area contributed by atoms with Crippen LogP contribution in [0, 0.1) is 6.92 Å². The van der Waals surface area contributed by atoms with Crippen molar-refractivity contribution < 1.29 is 4.79 Å². The fourth-order valence-corrected chi connectivity index (χ4v) is 2.29. The van der Waals surface area contributed by atoms with Gasteiger partial charge < -0.3 is 5.32 Å². The van der Waals surface area contributed by atoms with E-state index in [1.807, 2.05) is 43.3 Å². The van der Waals surface area contributed by atoms with Crippen molar-refractivity contribution in [2.45, 2.75) is 13.3 Å². The number of halogens is 1. The van der Waals surface area contributed by atoms with Gasteiger partial charge in [0.05, 0.1) is 6.42 Å². The van der Waals surface area contributed by atoms with E-state index < -0.39 is 0 Å². The minimum absolute atomic E-state index is 0.0637. The van der Waals surface area contributed by atoms with Crippen LogP contribution in [-0.4, -0.2) is 10.9 Å². The summed E-state index contributed by atoms with van der Waals surface area (Å²) in [7, 11) is 0. The molecule has 2 rings (SSSR count). The van der Waals surface area contributed by atoms with Gasteiger partial charge in [-0.15, -0.1) is 0 Å².